The number of amides is 1. The number of hydrogen-bond acceptors (Lipinski definition) is 7. The van der Waals surface area contributed by atoms with Gasteiger partial charge in [-0.3, -0.25) is 9.36 Å². The smallest absolute Gasteiger partial charge is 0.358 e. The summed E-state index contributed by atoms with van der Waals surface area (Å²) in [7, 11) is -2.53. The first kappa shape index (κ1) is 29.4. The van der Waals surface area contributed by atoms with E-state index in [0.29, 0.717) is 17.8 Å². The van der Waals surface area contributed by atoms with E-state index in [1.807, 2.05) is 23.6 Å². The molecule has 1 amide bonds. The van der Waals surface area contributed by atoms with Gasteiger partial charge < -0.3 is 14.2 Å². The third-order valence-corrected chi connectivity index (χ3v) is 9.54. The highest BCUT2D eigenvalue weighted by Gasteiger charge is 2.30. The van der Waals surface area contributed by atoms with Gasteiger partial charge in [-0.1, -0.05) is 35.4 Å². The zero-order valence-corrected chi connectivity index (χ0v) is 25.4. The molecular formula is C29H28IN3O6S. The number of rotatable bonds is 5. The minimum Gasteiger partial charge on any atom is -0.744 e. The molecule has 0 radical (unpaired) electrons. The van der Waals surface area contributed by atoms with Crippen LogP contribution >= 0.6 is 0 Å². The Morgan fingerprint density at radius 3 is 2.20 bits per heavy atom. The number of esters is 1. The molecular weight excluding hydrogens is 645 g/mol. The van der Waals surface area contributed by atoms with Crippen LogP contribution in [0.25, 0.3) is 5.69 Å². The summed E-state index contributed by atoms with van der Waals surface area (Å²) < 4.78 is 40.6. The number of halogens is 1. The zero-order chi connectivity index (χ0) is 29.0. The van der Waals surface area contributed by atoms with Gasteiger partial charge >= 0.3 is 27.2 Å². The van der Waals surface area contributed by atoms with Gasteiger partial charge in [0.05, 0.1) is 35.0 Å². The summed E-state index contributed by atoms with van der Waals surface area (Å²) in [6.07, 6.45) is 1.60. The van der Waals surface area contributed by atoms with Crippen molar-refractivity contribution >= 4 is 22.0 Å². The van der Waals surface area contributed by atoms with Crippen molar-refractivity contribution in [2.75, 3.05) is 13.7 Å². The number of ether oxygens (including phenoxy) is 1. The molecule has 9 nitrogen and oxygen atoms in total. The van der Waals surface area contributed by atoms with Crippen LogP contribution in [0.1, 0.15) is 44.6 Å². The second-order valence-corrected chi connectivity index (χ2v) is 13.5. The standard InChI is InChI=1S/C22H21IN3O3.C7H8O3S/c1-4-29-22(28)20-19-12-25(3)21(27)17-11-16(9-10-18(17)26(19)13-24-20)23-15-7-5-14(2)6-8-15;1-6-2-4-7(5-3-6)11(8,9)10/h5-11,13H,4,12H2,1-3H3;2-5H,1H3,(H,8,9,10)/q+1;/p-1. The lowest BCUT2D eigenvalue weighted by Crippen LogP contribution is -3.61. The molecule has 11 heteroatoms. The van der Waals surface area contributed by atoms with Crippen molar-refractivity contribution < 1.29 is 48.5 Å². The van der Waals surface area contributed by atoms with Gasteiger partial charge in [0.15, 0.2) is 12.8 Å². The lowest BCUT2D eigenvalue weighted by atomic mass is 10.1. The molecule has 1 aromatic heterocycles. The second kappa shape index (κ2) is 12.3. The van der Waals surface area contributed by atoms with Gasteiger partial charge in [0, 0.05) is 13.1 Å². The van der Waals surface area contributed by atoms with Crippen molar-refractivity contribution in [3.8, 4) is 5.69 Å². The first-order valence-corrected chi connectivity index (χ1v) is 15.9. The summed E-state index contributed by atoms with van der Waals surface area (Å²) in [5.41, 5.74) is 4.46. The quantitative estimate of drug-likeness (QED) is 0.176. The van der Waals surface area contributed by atoms with Gasteiger partial charge in [-0.2, -0.15) is 0 Å². The number of imidazole rings is 1. The van der Waals surface area contributed by atoms with Gasteiger partial charge in [-0.05, 0) is 57.2 Å². The van der Waals surface area contributed by atoms with E-state index in [-0.39, 0.29) is 23.1 Å². The van der Waals surface area contributed by atoms with Crippen LogP contribution < -0.4 is 21.2 Å². The lowest BCUT2D eigenvalue weighted by Gasteiger charge is -2.14. The van der Waals surface area contributed by atoms with E-state index in [0.717, 1.165) is 11.3 Å². The van der Waals surface area contributed by atoms with Crippen LogP contribution in [0, 0.1) is 21.0 Å². The Morgan fingerprint density at radius 1 is 1.00 bits per heavy atom. The third-order valence-electron chi connectivity index (χ3n) is 6.06. The minimum atomic E-state index is -4.27. The van der Waals surface area contributed by atoms with Crippen LogP contribution in [0.3, 0.4) is 0 Å². The number of aromatic nitrogens is 2. The molecule has 0 unspecified atom stereocenters. The molecule has 3 aromatic carbocycles. The first-order valence-electron chi connectivity index (χ1n) is 12.3. The van der Waals surface area contributed by atoms with Crippen molar-refractivity contribution in [1.29, 1.82) is 0 Å². The molecule has 0 aliphatic carbocycles. The molecule has 0 saturated heterocycles. The molecule has 0 bridgehead atoms. The fourth-order valence-corrected chi connectivity index (χ4v) is 6.71. The van der Waals surface area contributed by atoms with Crippen LogP contribution in [-0.2, 0) is 21.4 Å². The Balaban J connectivity index is 0.000000283. The van der Waals surface area contributed by atoms with E-state index in [1.54, 1.807) is 37.3 Å². The van der Waals surface area contributed by atoms with Crippen LogP contribution in [0.2, 0.25) is 0 Å². The van der Waals surface area contributed by atoms with Gasteiger partial charge in [0.2, 0.25) is 0 Å². The van der Waals surface area contributed by atoms with E-state index in [2.05, 4.69) is 42.2 Å². The fraction of sp³-hybridized carbons (Fsp3) is 0.207. The normalized spacial score (nSPS) is 12.5. The number of benzene rings is 3. The average molecular weight is 674 g/mol. The lowest BCUT2D eigenvalue weighted by molar-refractivity contribution is -0.597. The Labute approximate surface area is 243 Å². The molecule has 5 rings (SSSR count). The van der Waals surface area contributed by atoms with Crippen LogP contribution in [0.4, 0.5) is 0 Å². The molecule has 4 aromatic rings. The third kappa shape index (κ3) is 6.77. The Bertz CT molecular complexity index is 1650. The number of carbonyl (C=O) groups excluding carboxylic acids is 2. The van der Waals surface area contributed by atoms with E-state index < -0.39 is 37.3 Å². The molecule has 0 saturated carbocycles. The number of carbonyl (C=O) groups is 2. The summed E-state index contributed by atoms with van der Waals surface area (Å²) in [6, 6.07) is 20.3. The van der Waals surface area contributed by atoms with E-state index in [1.165, 1.54) is 24.8 Å². The highest BCUT2D eigenvalue weighted by molar-refractivity contribution is 7.85. The van der Waals surface area contributed by atoms with E-state index >= 15 is 0 Å². The molecule has 208 valence electrons. The molecule has 0 atom stereocenters. The molecule has 40 heavy (non-hydrogen) atoms. The molecule has 0 spiro atoms. The maximum Gasteiger partial charge on any atom is 0.358 e. The molecule has 0 fully saturated rings. The van der Waals surface area contributed by atoms with Gasteiger partial charge in [0.1, 0.15) is 16.4 Å². The zero-order valence-electron chi connectivity index (χ0n) is 22.4. The van der Waals surface area contributed by atoms with Crippen molar-refractivity contribution in [2.45, 2.75) is 32.2 Å². The SMILES string of the molecule is CCOC(=O)c1ncn2c1CN(C)C(=O)c1cc([I+]c3ccc(C)cc3)ccc1-2.Cc1ccc(S(=O)(=O)[O-])cc1. The van der Waals surface area contributed by atoms with Gasteiger partial charge in [-0.25, -0.2) is 18.2 Å². The first-order chi connectivity index (χ1) is 19.0. The van der Waals surface area contributed by atoms with Crippen molar-refractivity contribution in [3.63, 3.8) is 0 Å². The molecule has 1 aliphatic heterocycles. The average Bonchev–Trinajstić information content (AvgIpc) is 3.29. The second-order valence-electron chi connectivity index (χ2n) is 9.11. The number of fused-ring (bicyclic) bond motifs is 3. The van der Waals surface area contributed by atoms with E-state index in [4.69, 9.17) is 4.74 Å². The Kier molecular flexibility index (Phi) is 9.06. The summed E-state index contributed by atoms with van der Waals surface area (Å²) in [5.74, 6) is -0.527. The van der Waals surface area contributed by atoms with Crippen LogP contribution in [-0.4, -0.2) is 53.0 Å². The Morgan fingerprint density at radius 2 is 1.60 bits per heavy atom. The predicted molar refractivity (Wildman–Crippen MR) is 143 cm³/mol. The highest BCUT2D eigenvalue weighted by Crippen LogP contribution is 2.25. The van der Waals surface area contributed by atoms with Gasteiger partial charge in [0.25, 0.3) is 5.91 Å². The largest absolute Gasteiger partial charge is 0.744 e. The van der Waals surface area contributed by atoms with Gasteiger partial charge in [-0.15, -0.1) is 0 Å². The number of aryl methyl sites for hydroxylation is 2. The minimum absolute atomic E-state index is 0.0618. The number of hydrogen-bond donors (Lipinski definition) is 0. The molecule has 0 N–H and O–H groups in total. The van der Waals surface area contributed by atoms with E-state index in [9.17, 15) is 22.6 Å². The van der Waals surface area contributed by atoms with Crippen molar-refractivity contribution in [2.24, 2.45) is 0 Å². The van der Waals surface area contributed by atoms with Crippen molar-refractivity contribution in [3.05, 3.63) is 108 Å². The summed E-state index contributed by atoms with van der Waals surface area (Å²) in [5, 5.41) is 0. The Hall–Kier alpha value is -3.55. The molecule has 1 aliphatic rings. The fourth-order valence-electron chi connectivity index (χ4n) is 3.98. The van der Waals surface area contributed by atoms with Crippen LogP contribution in [0.5, 0.6) is 0 Å². The molecule has 2 heterocycles. The topological polar surface area (TPSA) is 122 Å². The summed E-state index contributed by atoms with van der Waals surface area (Å²) in [4.78, 5) is 31.0. The highest BCUT2D eigenvalue weighted by atomic mass is 127. The monoisotopic (exact) mass is 673 g/mol. The predicted octanol–water partition coefficient (Wildman–Crippen LogP) is 0.971. The van der Waals surface area contributed by atoms with Crippen molar-refractivity contribution in [1.82, 2.24) is 14.5 Å². The number of nitrogens with zero attached hydrogens (tertiary/aromatic N) is 3. The maximum atomic E-state index is 13.0. The maximum absolute atomic E-state index is 13.0. The summed E-state index contributed by atoms with van der Waals surface area (Å²) >= 11 is -0.392. The summed E-state index contributed by atoms with van der Waals surface area (Å²) in [6.45, 7) is 6.23. The van der Waals surface area contributed by atoms with Crippen LogP contribution in [0.15, 0.2) is 78.0 Å².